The van der Waals surface area contributed by atoms with Gasteiger partial charge in [-0.15, -0.1) is 11.3 Å². The topological polar surface area (TPSA) is 68.3 Å². The van der Waals surface area contributed by atoms with Crippen molar-refractivity contribution >= 4 is 33.7 Å². The molecule has 4 aromatic carbocycles. The second-order valence-corrected chi connectivity index (χ2v) is 10.6. The summed E-state index contributed by atoms with van der Waals surface area (Å²) in [6, 6.07) is 26.0. The van der Waals surface area contributed by atoms with Crippen LogP contribution in [0.1, 0.15) is 24.0 Å². The molecule has 0 unspecified atom stereocenters. The van der Waals surface area contributed by atoms with Gasteiger partial charge in [0.1, 0.15) is 10.8 Å². The number of aromatic nitrogens is 1. The van der Waals surface area contributed by atoms with E-state index in [0.29, 0.717) is 42.0 Å². The van der Waals surface area contributed by atoms with Crippen LogP contribution in [0.15, 0.2) is 78.9 Å². The highest BCUT2D eigenvalue weighted by molar-refractivity contribution is 7.21. The zero-order valence-corrected chi connectivity index (χ0v) is 25.6. The number of hydrogen-bond donors (Lipinski definition) is 0. The van der Waals surface area contributed by atoms with Crippen LogP contribution in [0.2, 0.25) is 0 Å². The summed E-state index contributed by atoms with van der Waals surface area (Å²) >= 11 is 1.70. The number of para-hydroxylation sites is 1. The lowest BCUT2D eigenvalue weighted by atomic mass is 10.1. The van der Waals surface area contributed by atoms with Gasteiger partial charge in [-0.05, 0) is 84.6 Å². The normalized spacial score (nSPS) is 11.1. The number of fused-ring (bicyclic) bond motifs is 1. The van der Waals surface area contributed by atoms with Crippen LogP contribution in [0.3, 0.4) is 0 Å². The molecule has 0 aliphatic carbocycles. The summed E-state index contributed by atoms with van der Waals surface area (Å²) in [6.07, 6.45) is 5.70. The van der Waals surface area contributed by atoms with E-state index in [2.05, 4.69) is 18.2 Å². The molecule has 5 rings (SSSR count). The number of thiazole rings is 1. The zero-order valence-electron chi connectivity index (χ0n) is 24.8. The summed E-state index contributed by atoms with van der Waals surface area (Å²) < 4.78 is 35.1. The van der Waals surface area contributed by atoms with Crippen LogP contribution in [-0.4, -0.2) is 46.6 Å². The van der Waals surface area contributed by atoms with Gasteiger partial charge in [-0.2, -0.15) is 0 Å². The number of nitrogens with zero attached hydrogens (tertiary/aromatic N) is 1. The van der Waals surface area contributed by atoms with Crippen LogP contribution in [0, 0.1) is 0 Å². The predicted molar refractivity (Wildman–Crippen MR) is 173 cm³/mol. The number of unbranched alkanes of at least 4 members (excludes halogenated alkanes) is 1. The molecule has 43 heavy (non-hydrogen) atoms. The minimum Gasteiger partial charge on any atom is -0.494 e. The average molecular weight is 598 g/mol. The highest BCUT2D eigenvalue weighted by atomic mass is 32.1. The van der Waals surface area contributed by atoms with Gasteiger partial charge >= 0.3 is 0 Å². The maximum absolute atomic E-state index is 6.09. The molecule has 1 heterocycles. The fourth-order valence-electron chi connectivity index (χ4n) is 4.57. The molecule has 8 heteroatoms. The fourth-order valence-corrected chi connectivity index (χ4v) is 5.54. The Hall–Kier alpha value is -4.69. The van der Waals surface area contributed by atoms with E-state index < -0.39 is 0 Å². The van der Waals surface area contributed by atoms with Crippen molar-refractivity contribution < 1.29 is 28.4 Å². The molecule has 0 atom stereocenters. The third-order valence-corrected chi connectivity index (χ3v) is 7.89. The van der Waals surface area contributed by atoms with Crippen LogP contribution < -0.4 is 28.4 Å². The largest absolute Gasteiger partial charge is 0.494 e. The van der Waals surface area contributed by atoms with E-state index in [4.69, 9.17) is 33.4 Å². The number of ether oxygens (including phenoxy) is 6. The summed E-state index contributed by atoms with van der Waals surface area (Å²) in [5.74, 6) is 4.00. The Morgan fingerprint density at radius 2 is 1.28 bits per heavy atom. The van der Waals surface area contributed by atoms with E-state index in [1.807, 2.05) is 72.8 Å². The van der Waals surface area contributed by atoms with Gasteiger partial charge in [-0.25, -0.2) is 4.98 Å². The van der Waals surface area contributed by atoms with Crippen LogP contribution in [-0.2, 0) is 0 Å². The molecular weight excluding hydrogens is 562 g/mol. The Labute approximate surface area is 256 Å². The minimum absolute atomic E-state index is 0.552. The van der Waals surface area contributed by atoms with Crippen molar-refractivity contribution in [3.05, 3.63) is 90.0 Å². The molecule has 0 aliphatic rings. The Kier molecular flexibility index (Phi) is 10.0. The molecule has 0 saturated carbocycles. The lowest BCUT2D eigenvalue weighted by Crippen LogP contribution is -2.03. The molecule has 222 valence electrons. The lowest BCUT2D eigenvalue weighted by molar-refractivity contribution is 0.258. The molecule has 0 fully saturated rings. The van der Waals surface area contributed by atoms with Crippen molar-refractivity contribution in [2.45, 2.75) is 12.8 Å². The van der Waals surface area contributed by atoms with Gasteiger partial charge in [-0.1, -0.05) is 30.4 Å². The predicted octanol–water partition coefficient (Wildman–Crippen LogP) is 8.41. The molecule has 7 nitrogen and oxygen atoms in total. The van der Waals surface area contributed by atoms with E-state index >= 15 is 0 Å². The first-order valence-corrected chi connectivity index (χ1v) is 14.8. The standard InChI is InChI=1S/C35H35NO6S/c1-37-29-18-13-24(11-12-25-22-31(38-2)34(40-4)32(23-25)39-3)21-30(29)42-20-8-7-19-41-27-16-14-26(15-17-27)35-36-28-9-5-6-10-33(28)43-35/h5-6,9-18,21-23H,7-8,19-20H2,1-4H3. The number of benzene rings is 4. The number of hydrogen-bond acceptors (Lipinski definition) is 8. The summed E-state index contributed by atoms with van der Waals surface area (Å²) in [5.41, 5.74) is 4.01. The SMILES string of the molecule is COc1ccc(C=Cc2cc(OC)c(OC)c(OC)c2)cc1OCCCCOc1ccc(-c2nc3ccccc3s2)cc1. The summed E-state index contributed by atoms with van der Waals surface area (Å²) in [5, 5.41) is 1.01. The van der Waals surface area contributed by atoms with Crippen LogP contribution >= 0.6 is 11.3 Å². The molecule has 0 aliphatic heterocycles. The van der Waals surface area contributed by atoms with Crippen molar-refractivity contribution in [1.82, 2.24) is 4.98 Å². The Bertz CT molecular complexity index is 1620. The molecule has 0 spiro atoms. The monoisotopic (exact) mass is 597 g/mol. The van der Waals surface area contributed by atoms with Gasteiger partial charge in [0.2, 0.25) is 5.75 Å². The number of rotatable bonds is 14. The highest BCUT2D eigenvalue weighted by Gasteiger charge is 2.12. The van der Waals surface area contributed by atoms with Crippen molar-refractivity contribution in [2.75, 3.05) is 41.7 Å². The van der Waals surface area contributed by atoms with Crippen molar-refractivity contribution in [3.8, 4) is 45.1 Å². The quantitative estimate of drug-likeness (QED) is 0.0940. The van der Waals surface area contributed by atoms with Crippen molar-refractivity contribution in [1.29, 1.82) is 0 Å². The maximum atomic E-state index is 6.09. The second-order valence-electron chi connectivity index (χ2n) is 9.62. The third kappa shape index (κ3) is 7.40. The van der Waals surface area contributed by atoms with Gasteiger partial charge in [0.25, 0.3) is 0 Å². The number of methoxy groups -OCH3 is 4. The van der Waals surface area contributed by atoms with E-state index in [1.54, 1.807) is 39.8 Å². The van der Waals surface area contributed by atoms with Gasteiger partial charge in [-0.3, -0.25) is 0 Å². The molecule has 5 aromatic rings. The smallest absolute Gasteiger partial charge is 0.203 e. The van der Waals surface area contributed by atoms with Gasteiger partial charge in [0.05, 0.1) is 51.9 Å². The first kappa shape index (κ1) is 29.8. The van der Waals surface area contributed by atoms with E-state index in [0.717, 1.165) is 45.8 Å². The Morgan fingerprint density at radius 1 is 0.628 bits per heavy atom. The lowest BCUT2D eigenvalue weighted by Gasteiger charge is -2.13. The average Bonchev–Trinajstić information content (AvgIpc) is 3.49. The molecule has 0 radical (unpaired) electrons. The van der Waals surface area contributed by atoms with Gasteiger partial charge in [0, 0.05) is 5.56 Å². The molecule has 0 N–H and O–H groups in total. The maximum Gasteiger partial charge on any atom is 0.203 e. The van der Waals surface area contributed by atoms with E-state index in [1.165, 1.54) is 4.70 Å². The molecule has 1 aromatic heterocycles. The van der Waals surface area contributed by atoms with Crippen LogP contribution in [0.25, 0.3) is 32.9 Å². The fraction of sp³-hybridized carbons (Fsp3) is 0.229. The molecule has 0 amide bonds. The Morgan fingerprint density at radius 3 is 1.95 bits per heavy atom. The molecular formula is C35H35NO6S. The van der Waals surface area contributed by atoms with Crippen molar-refractivity contribution in [2.24, 2.45) is 0 Å². The molecule has 0 bridgehead atoms. The van der Waals surface area contributed by atoms with E-state index in [9.17, 15) is 0 Å². The first-order chi connectivity index (χ1) is 21.1. The highest BCUT2D eigenvalue weighted by Crippen LogP contribution is 2.39. The second kappa shape index (κ2) is 14.5. The Balaban J connectivity index is 1.11. The first-order valence-electron chi connectivity index (χ1n) is 14.0. The van der Waals surface area contributed by atoms with E-state index in [-0.39, 0.29) is 0 Å². The van der Waals surface area contributed by atoms with Crippen molar-refractivity contribution in [3.63, 3.8) is 0 Å². The van der Waals surface area contributed by atoms with Crippen LogP contribution in [0.4, 0.5) is 0 Å². The summed E-state index contributed by atoms with van der Waals surface area (Å²) in [7, 11) is 6.44. The van der Waals surface area contributed by atoms with Gasteiger partial charge < -0.3 is 28.4 Å². The minimum atomic E-state index is 0.552. The van der Waals surface area contributed by atoms with Crippen LogP contribution in [0.5, 0.6) is 34.5 Å². The summed E-state index contributed by atoms with van der Waals surface area (Å²) in [4.78, 5) is 4.73. The zero-order chi connectivity index (χ0) is 30.0. The molecule has 0 saturated heterocycles. The summed E-state index contributed by atoms with van der Waals surface area (Å²) in [6.45, 7) is 1.16. The van der Waals surface area contributed by atoms with Gasteiger partial charge in [0.15, 0.2) is 23.0 Å². The third-order valence-electron chi connectivity index (χ3n) is 6.80.